The maximum atomic E-state index is 11.9. The van der Waals surface area contributed by atoms with Gasteiger partial charge < -0.3 is 15.2 Å². The van der Waals surface area contributed by atoms with Crippen molar-refractivity contribution in [3.05, 3.63) is 47.3 Å². The van der Waals surface area contributed by atoms with E-state index in [0.717, 1.165) is 17.8 Å². The predicted octanol–water partition coefficient (Wildman–Crippen LogP) is 2.73. The van der Waals surface area contributed by atoms with Crippen LogP contribution in [0.1, 0.15) is 35.7 Å². The van der Waals surface area contributed by atoms with Gasteiger partial charge in [0.15, 0.2) is 0 Å². The summed E-state index contributed by atoms with van der Waals surface area (Å²) in [6.07, 6.45) is 0. The van der Waals surface area contributed by atoms with Crippen molar-refractivity contribution in [2.75, 3.05) is 5.32 Å². The topological polar surface area (TPSA) is 67.2 Å². The first-order valence-corrected chi connectivity index (χ1v) is 6.61. The van der Waals surface area contributed by atoms with Gasteiger partial charge in [0, 0.05) is 24.3 Å². The first kappa shape index (κ1) is 14.3. The van der Waals surface area contributed by atoms with E-state index in [1.807, 2.05) is 24.3 Å². The van der Waals surface area contributed by atoms with Gasteiger partial charge in [-0.1, -0.05) is 31.1 Å². The van der Waals surface area contributed by atoms with Crippen molar-refractivity contribution < 1.29 is 9.32 Å². The van der Waals surface area contributed by atoms with Crippen LogP contribution in [0.15, 0.2) is 34.9 Å². The fourth-order valence-electron chi connectivity index (χ4n) is 1.74. The Hall–Kier alpha value is -2.14. The van der Waals surface area contributed by atoms with Gasteiger partial charge >= 0.3 is 0 Å². The SMILES string of the molecule is Cc1cc(C(=O)Nc2cccc(CNC(C)C)c2)on1. The number of anilines is 1. The molecule has 1 amide bonds. The number of hydrogen-bond acceptors (Lipinski definition) is 4. The Morgan fingerprint density at radius 3 is 2.80 bits per heavy atom. The summed E-state index contributed by atoms with van der Waals surface area (Å²) >= 11 is 0. The van der Waals surface area contributed by atoms with Gasteiger partial charge in [0.05, 0.1) is 5.69 Å². The number of nitrogens with zero attached hydrogens (tertiary/aromatic N) is 1. The van der Waals surface area contributed by atoms with E-state index < -0.39 is 0 Å². The molecule has 106 valence electrons. The number of amides is 1. The summed E-state index contributed by atoms with van der Waals surface area (Å²) in [7, 11) is 0. The van der Waals surface area contributed by atoms with Crippen LogP contribution in [0.4, 0.5) is 5.69 Å². The number of carbonyl (C=O) groups is 1. The van der Waals surface area contributed by atoms with Crippen LogP contribution >= 0.6 is 0 Å². The molecule has 2 N–H and O–H groups in total. The predicted molar refractivity (Wildman–Crippen MR) is 77.6 cm³/mol. The van der Waals surface area contributed by atoms with Crippen molar-refractivity contribution >= 4 is 11.6 Å². The lowest BCUT2D eigenvalue weighted by Gasteiger charge is -2.09. The summed E-state index contributed by atoms with van der Waals surface area (Å²) in [6, 6.07) is 9.75. The summed E-state index contributed by atoms with van der Waals surface area (Å²) in [4.78, 5) is 11.9. The lowest BCUT2D eigenvalue weighted by Crippen LogP contribution is -2.21. The smallest absolute Gasteiger partial charge is 0.294 e. The number of rotatable bonds is 5. The fourth-order valence-corrected chi connectivity index (χ4v) is 1.74. The van der Waals surface area contributed by atoms with E-state index in [9.17, 15) is 4.79 Å². The Balaban J connectivity index is 2.02. The van der Waals surface area contributed by atoms with E-state index in [1.54, 1.807) is 13.0 Å². The second-order valence-corrected chi connectivity index (χ2v) is 5.02. The Labute approximate surface area is 118 Å². The van der Waals surface area contributed by atoms with Crippen molar-refractivity contribution in [2.24, 2.45) is 0 Å². The van der Waals surface area contributed by atoms with E-state index in [4.69, 9.17) is 4.52 Å². The first-order chi connectivity index (χ1) is 9.54. The van der Waals surface area contributed by atoms with E-state index in [1.165, 1.54) is 0 Å². The van der Waals surface area contributed by atoms with Gasteiger partial charge in [-0.05, 0) is 24.6 Å². The van der Waals surface area contributed by atoms with Crippen LogP contribution in [0.25, 0.3) is 0 Å². The van der Waals surface area contributed by atoms with Gasteiger partial charge in [0.2, 0.25) is 5.76 Å². The molecule has 0 spiro atoms. The normalized spacial score (nSPS) is 10.8. The third kappa shape index (κ3) is 3.93. The van der Waals surface area contributed by atoms with Gasteiger partial charge in [-0.3, -0.25) is 4.79 Å². The van der Waals surface area contributed by atoms with Crippen LogP contribution in [0.3, 0.4) is 0 Å². The van der Waals surface area contributed by atoms with Gasteiger partial charge in [0.25, 0.3) is 5.91 Å². The molecule has 2 rings (SSSR count). The zero-order valence-corrected chi connectivity index (χ0v) is 11.9. The van der Waals surface area contributed by atoms with Crippen molar-refractivity contribution in [1.82, 2.24) is 10.5 Å². The molecule has 5 heteroatoms. The van der Waals surface area contributed by atoms with E-state index in [0.29, 0.717) is 11.7 Å². The third-order valence-corrected chi connectivity index (χ3v) is 2.75. The molecule has 20 heavy (non-hydrogen) atoms. The number of benzene rings is 1. The molecule has 5 nitrogen and oxygen atoms in total. The molecule has 0 saturated heterocycles. The fraction of sp³-hybridized carbons (Fsp3) is 0.333. The molecule has 0 aliphatic heterocycles. The summed E-state index contributed by atoms with van der Waals surface area (Å²) in [5, 5.41) is 9.84. The number of carbonyl (C=O) groups excluding carboxylic acids is 1. The maximum Gasteiger partial charge on any atom is 0.294 e. The van der Waals surface area contributed by atoms with Crippen LogP contribution in [0, 0.1) is 6.92 Å². The Morgan fingerprint density at radius 2 is 2.15 bits per heavy atom. The lowest BCUT2D eigenvalue weighted by molar-refractivity contribution is 0.0988. The largest absolute Gasteiger partial charge is 0.351 e. The molecule has 1 aromatic heterocycles. The highest BCUT2D eigenvalue weighted by Crippen LogP contribution is 2.13. The maximum absolute atomic E-state index is 11.9. The lowest BCUT2D eigenvalue weighted by atomic mass is 10.2. The molecule has 0 aliphatic rings. The van der Waals surface area contributed by atoms with Crippen LogP contribution in [0.2, 0.25) is 0 Å². The Kier molecular flexibility index (Phi) is 4.53. The van der Waals surface area contributed by atoms with Crippen molar-refractivity contribution in [2.45, 2.75) is 33.4 Å². The van der Waals surface area contributed by atoms with Gasteiger partial charge in [0.1, 0.15) is 0 Å². The van der Waals surface area contributed by atoms with Crippen molar-refractivity contribution in [3.8, 4) is 0 Å². The van der Waals surface area contributed by atoms with Crippen molar-refractivity contribution in [1.29, 1.82) is 0 Å². The minimum atomic E-state index is -0.292. The van der Waals surface area contributed by atoms with Gasteiger partial charge in [-0.15, -0.1) is 0 Å². The number of aryl methyl sites for hydroxylation is 1. The standard InChI is InChI=1S/C15H19N3O2/c1-10(2)16-9-12-5-4-6-13(8-12)17-15(19)14-7-11(3)18-20-14/h4-8,10,16H,9H2,1-3H3,(H,17,19). The molecule has 2 aromatic rings. The zero-order chi connectivity index (χ0) is 14.5. The van der Waals surface area contributed by atoms with Crippen LogP contribution in [-0.4, -0.2) is 17.1 Å². The summed E-state index contributed by atoms with van der Waals surface area (Å²) in [5.41, 5.74) is 2.54. The van der Waals surface area contributed by atoms with E-state index >= 15 is 0 Å². The summed E-state index contributed by atoms with van der Waals surface area (Å²) < 4.78 is 4.93. The molecular formula is C15H19N3O2. The number of aromatic nitrogens is 1. The molecule has 0 saturated carbocycles. The average molecular weight is 273 g/mol. The van der Waals surface area contributed by atoms with Gasteiger partial charge in [-0.25, -0.2) is 0 Å². The molecule has 0 atom stereocenters. The zero-order valence-electron chi connectivity index (χ0n) is 11.9. The summed E-state index contributed by atoms with van der Waals surface area (Å²) in [5.74, 6) is -0.0761. The van der Waals surface area contributed by atoms with E-state index in [2.05, 4.69) is 29.6 Å². The average Bonchev–Trinajstić information content (AvgIpc) is 2.84. The highest BCUT2D eigenvalue weighted by molar-refractivity contribution is 6.02. The minimum absolute atomic E-state index is 0.216. The van der Waals surface area contributed by atoms with Gasteiger partial charge in [-0.2, -0.15) is 0 Å². The molecule has 0 aliphatic carbocycles. The van der Waals surface area contributed by atoms with Crippen LogP contribution in [-0.2, 0) is 6.54 Å². The number of hydrogen-bond donors (Lipinski definition) is 2. The molecule has 0 unspecified atom stereocenters. The Morgan fingerprint density at radius 1 is 1.35 bits per heavy atom. The quantitative estimate of drug-likeness (QED) is 0.879. The Bertz CT molecular complexity index is 590. The third-order valence-electron chi connectivity index (χ3n) is 2.75. The first-order valence-electron chi connectivity index (χ1n) is 6.61. The molecular weight excluding hydrogens is 254 g/mol. The second-order valence-electron chi connectivity index (χ2n) is 5.02. The summed E-state index contributed by atoms with van der Waals surface area (Å²) in [6.45, 7) is 6.73. The highest BCUT2D eigenvalue weighted by Gasteiger charge is 2.11. The molecule has 0 radical (unpaired) electrons. The van der Waals surface area contributed by atoms with Crippen LogP contribution < -0.4 is 10.6 Å². The molecule has 1 heterocycles. The van der Waals surface area contributed by atoms with Crippen LogP contribution in [0.5, 0.6) is 0 Å². The molecule has 0 bridgehead atoms. The van der Waals surface area contributed by atoms with Crippen molar-refractivity contribution in [3.63, 3.8) is 0 Å². The molecule has 0 fully saturated rings. The molecule has 1 aromatic carbocycles. The minimum Gasteiger partial charge on any atom is -0.351 e. The highest BCUT2D eigenvalue weighted by atomic mass is 16.5. The number of nitrogens with one attached hydrogen (secondary N) is 2. The monoisotopic (exact) mass is 273 g/mol. The second kappa shape index (κ2) is 6.34. The van der Waals surface area contributed by atoms with E-state index in [-0.39, 0.29) is 11.7 Å².